The Kier molecular flexibility index (Phi) is 5.15. The first-order valence-corrected chi connectivity index (χ1v) is 9.92. The Morgan fingerprint density at radius 1 is 1.07 bits per heavy atom. The minimum Gasteiger partial charge on any atom is -0.340 e. The number of carbonyl (C=O) groups is 1. The summed E-state index contributed by atoms with van der Waals surface area (Å²) in [7, 11) is 1.75. The van der Waals surface area contributed by atoms with Gasteiger partial charge in [0.25, 0.3) is 0 Å². The molecule has 0 bridgehead atoms. The molecule has 0 fully saturated rings. The average Bonchev–Trinajstić information content (AvgIpc) is 2.76. The molecule has 1 aromatic carbocycles. The van der Waals surface area contributed by atoms with E-state index in [1.54, 1.807) is 42.7 Å². The van der Waals surface area contributed by atoms with Gasteiger partial charge in [0.2, 0.25) is 5.91 Å². The number of likely N-dealkylation sites (N-methyl/N-ethyl adjacent to an activating group) is 1. The van der Waals surface area contributed by atoms with Gasteiger partial charge >= 0.3 is 0 Å². The van der Waals surface area contributed by atoms with Gasteiger partial charge in [-0.3, -0.25) is 9.78 Å². The summed E-state index contributed by atoms with van der Waals surface area (Å²) >= 11 is 0. The van der Waals surface area contributed by atoms with Crippen LogP contribution in [0.15, 0.2) is 42.9 Å². The van der Waals surface area contributed by atoms with Crippen LogP contribution in [0, 0.1) is 5.82 Å². The monoisotopic (exact) mass is 406 g/mol. The van der Waals surface area contributed by atoms with Crippen LogP contribution in [0.5, 0.6) is 0 Å². The molecule has 0 aliphatic carbocycles. The Morgan fingerprint density at radius 3 is 2.37 bits per heavy atom. The van der Waals surface area contributed by atoms with E-state index in [0.29, 0.717) is 35.1 Å². The maximum absolute atomic E-state index is 13.4. The fourth-order valence-electron chi connectivity index (χ4n) is 3.81. The van der Waals surface area contributed by atoms with Crippen LogP contribution >= 0.6 is 0 Å². The van der Waals surface area contributed by atoms with Gasteiger partial charge in [-0.1, -0.05) is 6.92 Å². The van der Waals surface area contributed by atoms with E-state index in [4.69, 9.17) is 4.98 Å². The summed E-state index contributed by atoms with van der Waals surface area (Å²) in [6, 6.07) is 5.86. The lowest BCUT2D eigenvalue weighted by Gasteiger charge is -2.42. The number of nitrogens with zero attached hydrogens (tertiary/aromatic N) is 6. The molecule has 8 heteroatoms. The largest absolute Gasteiger partial charge is 0.340 e. The third-order valence-electron chi connectivity index (χ3n) is 5.28. The van der Waals surface area contributed by atoms with Crippen molar-refractivity contribution in [1.29, 1.82) is 0 Å². The van der Waals surface area contributed by atoms with Crippen molar-refractivity contribution in [3.8, 4) is 22.8 Å². The molecule has 3 heterocycles. The number of carbonyl (C=O) groups excluding carboxylic acids is 1. The molecule has 1 atom stereocenters. The zero-order valence-electron chi connectivity index (χ0n) is 17.4. The van der Waals surface area contributed by atoms with Crippen LogP contribution in [0.3, 0.4) is 0 Å². The van der Waals surface area contributed by atoms with E-state index in [1.807, 2.05) is 25.7 Å². The first kappa shape index (κ1) is 19.9. The number of benzene rings is 1. The number of fused-ring (bicyclic) bond motifs is 1. The number of halogens is 1. The summed E-state index contributed by atoms with van der Waals surface area (Å²) in [6.45, 7) is 6.08. The molecule has 7 nitrogen and oxygen atoms in total. The second-order valence-corrected chi connectivity index (χ2v) is 7.49. The minimum absolute atomic E-state index is 0.0292. The zero-order valence-corrected chi connectivity index (χ0v) is 17.4. The van der Waals surface area contributed by atoms with Gasteiger partial charge in [-0.05, 0) is 44.5 Å². The van der Waals surface area contributed by atoms with Gasteiger partial charge in [-0.15, -0.1) is 0 Å². The molecule has 0 N–H and O–H groups in total. The van der Waals surface area contributed by atoms with Gasteiger partial charge in [-0.25, -0.2) is 19.3 Å². The Morgan fingerprint density at radius 2 is 1.73 bits per heavy atom. The number of hydrogen-bond donors (Lipinski definition) is 0. The van der Waals surface area contributed by atoms with Crippen LogP contribution in [0.1, 0.15) is 27.2 Å². The van der Waals surface area contributed by atoms with Gasteiger partial charge in [0.15, 0.2) is 11.6 Å². The molecule has 30 heavy (non-hydrogen) atoms. The van der Waals surface area contributed by atoms with Crippen LogP contribution < -0.4 is 9.80 Å². The van der Waals surface area contributed by atoms with Crippen molar-refractivity contribution in [2.45, 2.75) is 39.3 Å². The molecule has 154 valence electrons. The van der Waals surface area contributed by atoms with Crippen molar-refractivity contribution in [2.24, 2.45) is 0 Å². The van der Waals surface area contributed by atoms with Crippen molar-refractivity contribution in [2.75, 3.05) is 16.8 Å². The minimum atomic E-state index is -0.319. The molecule has 1 aliphatic rings. The number of anilines is 2. The molecule has 0 saturated carbocycles. The third kappa shape index (κ3) is 3.28. The van der Waals surface area contributed by atoms with E-state index in [0.717, 1.165) is 5.56 Å². The summed E-state index contributed by atoms with van der Waals surface area (Å²) < 4.78 is 13.4. The van der Waals surface area contributed by atoms with Gasteiger partial charge < -0.3 is 9.80 Å². The Balaban J connectivity index is 1.87. The highest BCUT2D eigenvalue weighted by atomic mass is 19.1. The van der Waals surface area contributed by atoms with Crippen LogP contribution in [-0.2, 0) is 4.79 Å². The number of rotatable bonds is 4. The van der Waals surface area contributed by atoms with Gasteiger partial charge in [0, 0.05) is 31.0 Å². The lowest BCUT2D eigenvalue weighted by Crippen LogP contribution is -2.54. The average molecular weight is 406 g/mol. The highest BCUT2D eigenvalue weighted by Gasteiger charge is 2.38. The van der Waals surface area contributed by atoms with E-state index >= 15 is 0 Å². The summed E-state index contributed by atoms with van der Waals surface area (Å²) in [5, 5.41) is 0. The van der Waals surface area contributed by atoms with Crippen LogP contribution in [0.2, 0.25) is 0 Å². The number of amides is 1. The highest BCUT2D eigenvalue weighted by Crippen LogP contribution is 2.37. The summed E-state index contributed by atoms with van der Waals surface area (Å²) in [5.74, 6) is 0.811. The van der Waals surface area contributed by atoms with Crippen LogP contribution in [0.4, 0.5) is 15.9 Å². The van der Waals surface area contributed by atoms with Crippen LogP contribution in [-0.4, -0.2) is 45.0 Å². The van der Waals surface area contributed by atoms with Gasteiger partial charge in [-0.2, -0.15) is 0 Å². The molecule has 4 rings (SSSR count). The molecule has 0 radical (unpaired) electrons. The summed E-state index contributed by atoms with van der Waals surface area (Å²) in [6.07, 6.45) is 5.49. The topological polar surface area (TPSA) is 75.1 Å². The van der Waals surface area contributed by atoms with Gasteiger partial charge in [0.05, 0.1) is 11.9 Å². The molecule has 3 aromatic rings. The molecule has 1 aliphatic heterocycles. The highest BCUT2D eigenvalue weighted by molar-refractivity contribution is 6.04. The quantitative estimate of drug-likeness (QED) is 0.658. The fourth-order valence-corrected chi connectivity index (χ4v) is 3.81. The van der Waals surface area contributed by atoms with E-state index in [1.165, 1.54) is 12.1 Å². The lowest BCUT2D eigenvalue weighted by molar-refractivity contribution is -0.120. The molecule has 0 saturated heterocycles. The lowest BCUT2D eigenvalue weighted by atomic mass is 10.1. The van der Waals surface area contributed by atoms with E-state index < -0.39 is 0 Å². The second-order valence-electron chi connectivity index (χ2n) is 7.49. The first-order valence-electron chi connectivity index (χ1n) is 9.92. The summed E-state index contributed by atoms with van der Waals surface area (Å²) in [4.78, 5) is 34.7. The fraction of sp³-hybridized carbons (Fsp3) is 0.318. The maximum Gasteiger partial charge on any atom is 0.249 e. The number of aromatic nitrogens is 4. The molecule has 1 amide bonds. The van der Waals surface area contributed by atoms with Crippen molar-refractivity contribution >= 4 is 17.4 Å². The smallest absolute Gasteiger partial charge is 0.249 e. The van der Waals surface area contributed by atoms with Crippen molar-refractivity contribution < 1.29 is 9.18 Å². The Labute approximate surface area is 174 Å². The van der Waals surface area contributed by atoms with Crippen molar-refractivity contribution in [1.82, 2.24) is 19.9 Å². The standard InChI is InChI=1S/C22H23FN6O/c1-5-16-22(30)28(4)17-12-26-20(27-21(17)29(16)13(2)3)19-18(24-10-11-25-19)14-6-8-15(23)9-7-14/h6-13,16H,5H2,1-4H3/t16-/m1/s1. The predicted molar refractivity (Wildman–Crippen MR) is 114 cm³/mol. The van der Waals surface area contributed by atoms with Crippen molar-refractivity contribution in [3.63, 3.8) is 0 Å². The van der Waals surface area contributed by atoms with Crippen LogP contribution in [0.25, 0.3) is 22.8 Å². The van der Waals surface area contributed by atoms with Crippen molar-refractivity contribution in [3.05, 3.63) is 48.7 Å². The Bertz CT molecular complexity index is 1090. The molecule has 2 aromatic heterocycles. The summed E-state index contributed by atoms with van der Waals surface area (Å²) in [5.41, 5.74) is 2.46. The SMILES string of the molecule is CC[C@@H]1C(=O)N(C)c2cnc(-c3nccnc3-c3ccc(F)cc3)nc2N1C(C)C. The third-order valence-corrected chi connectivity index (χ3v) is 5.28. The predicted octanol–water partition coefficient (Wildman–Crippen LogP) is 3.71. The molecule has 0 spiro atoms. The van der Waals surface area contributed by atoms with E-state index in [2.05, 4.69) is 15.0 Å². The van der Waals surface area contributed by atoms with Gasteiger partial charge in [0.1, 0.15) is 23.2 Å². The zero-order chi connectivity index (χ0) is 21.4. The molecular weight excluding hydrogens is 383 g/mol. The van der Waals surface area contributed by atoms with E-state index in [-0.39, 0.29) is 23.8 Å². The van der Waals surface area contributed by atoms with E-state index in [9.17, 15) is 9.18 Å². The Hall–Kier alpha value is -3.42. The molecule has 0 unspecified atom stereocenters. The maximum atomic E-state index is 13.4. The second kappa shape index (κ2) is 7.78. The first-order chi connectivity index (χ1) is 14.4. The normalized spacial score (nSPS) is 16.2. The molecular formula is C22H23FN6O. The number of hydrogen-bond acceptors (Lipinski definition) is 6.